The minimum atomic E-state index is -4.52. The van der Waals surface area contributed by atoms with Crippen LogP contribution in [0.25, 0.3) is 5.69 Å². The zero-order chi connectivity index (χ0) is 23.4. The minimum absolute atomic E-state index is 0.0821. The van der Waals surface area contributed by atoms with Crippen LogP contribution in [0, 0.1) is 0 Å². The first-order chi connectivity index (χ1) is 15.8. The number of anilines is 1. The number of carbonyl (C=O) groups is 2. The van der Waals surface area contributed by atoms with Crippen LogP contribution in [-0.2, 0) is 11.0 Å². The van der Waals surface area contributed by atoms with E-state index >= 15 is 0 Å². The Labute approximate surface area is 187 Å². The average molecular weight is 458 g/mol. The van der Waals surface area contributed by atoms with Gasteiger partial charge in [0, 0.05) is 25.2 Å². The third kappa shape index (κ3) is 5.48. The van der Waals surface area contributed by atoms with Gasteiger partial charge in [-0.1, -0.05) is 17.3 Å². The summed E-state index contributed by atoms with van der Waals surface area (Å²) < 4.78 is 41.2. The highest BCUT2D eigenvalue weighted by Gasteiger charge is 2.32. The van der Waals surface area contributed by atoms with Crippen molar-refractivity contribution in [3.8, 4) is 5.69 Å². The number of nitrogens with one attached hydrogen (secondary N) is 2. The van der Waals surface area contributed by atoms with E-state index in [4.69, 9.17) is 0 Å². The normalized spacial score (nSPS) is 14.9. The molecule has 8 nitrogen and oxygen atoms in total. The number of likely N-dealkylation sites (tertiary alicyclic amines) is 1. The number of carbonyl (C=O) groups excluding carboxylic acids is 2. The van der Waals surface area contributed by atoms with Crippen LogP contribution in [0.15, 0.2) is 60.9 Å². The molecule has 1 saturated heterocycles. The molecule has 1 fully saturated rings. The lowest BCUT2D eigenvalue weighted by molar-refractivity contribution is -0.137. The number of amides is 3. The molecule has 0 saturated carbocycles. The number of alkyl halides is 3. The van der Waals surface area contributed by atoms with E-state index in [1.807, 2.05) is 0 Å². The van der Waals surface area contributed by atoms with Crippen LogP contribution in [0.2, 0.25) is 0 Å². The van der Waals surface area contributed by atoms with E-state index in [0.717, 1.165) is 17.8 Å². The fourth-order valence-corrected chi connectivity index (χ4v) is 3.65. The number of aromatic nitrogens is 3. The zero-order valence-corrected chi connectivity index (χ0v) is 17.4. The summed E-state index contributed by atoms with van der Waals surface area (Å²) in [7, 11) is 0. The molecule has 33 heavy (non-hydrogen) atoms. The maximum Gasteiger partial charge on any atom is 0.416 e. The molecule has 0 radical (unpaired) electrons. The van der Waals surface area contributed by atoms with Gasteiger partial charge in [-0.05, 0) is 48.4 Å². The molecule has 1 unspecified atom stereocenters. The number of urea groups is 1. The summed E-state index contributed by atoms with van der Waals surface area (Å²) in [5.74, 6) is -0.0853. The number of nitrogens with zero attached hydrogens (tertiary/aromatic N) is 4. The molecule has 1 aromatic heterocycles. The summed E-state index contributed by atoms with van der Waals surface area (Å²) in [6.07, 6.45) is -0.233. The monoisotopic (exact) mass is 458 g/mol. The van der Waals surface area contributed by atoms with Crippen molar-refractivity contribution in [3.05, 3.63) is 72.1 Å². The number of halogens is 3. The van der Waals surface area contributed by atoms with E-state index in [1.165, 1.54) is 12.1 Å². The molecular formula is C22H21F3N6O2. The minimum Gasteiger partial charge on any atom is -0.340 e. The van der Waals surface area contributed by atoms with Gasteiger partial charge in [-0.2, -0.15) is 13.2 Å². The maximum absolute atomic E-state index is 13.2. The summed E-state index contributed by atoms with van der Waals surface area (Å²) in [5.41, 5.74) is 0.675. The number of rotatable bonds is 6. The molecule has 0 aliphatic carbocycles. The second-order valence-electron chi connectivity index (χ2n) is 7.61. The standard InChI is InChI=1S/C22H21F3N6O2/c23-22(24,25)16-4-1-3-15(13-16)19(14-30-11-2-5-20(30)32)28-21(33)27-17-6-8-18(9-7-17)31-12-10-26-29-31/h1,3-4,6-10,12-13,19H,2,5,11,14H2,(H2,27,28,33). The molecule has 3 amide bonds. The fourth-order valence-electron chi connectivity index (χ4n) is 3.65. The predicted molar refractivity (Wildman–Crippen MR) is 114 cm³/mol. The van der Waals surface area contributed by atoms with Crippen molar-refractivity contribution in [2.75, 3.05) is 18.4 Å². The summed E-state index contributed by atoms with van der Waals surface area (Å²) >= 11 is 0. The van der Waals surface area contributed by atoms with Crippen molar-refractivity contribution in [1.82, 2.24) is 25.2 Å². The average Bonchev–Trinajstić information content (AvgIpc) is 3.46. The van der Waals surface area contributed by atoms with Gasteiger partial charge in [0.25, 0.3) is 0 Å². The molecular weight excluding hydrogens is 437 g/mol. The molecule has 3 aromatic rings. The Kier molecular flexibility index (Phi) is 6.29. The van der Waals surface area contributed by atoms with Crippen molar-refractivity contribution in [1.29, 1.82) is 0 Å². The molecule has 2 aromatic carbocycles. The third-order valence-electron chi connectivity index (χ3n) is 5.31. The van der Waals surface area contributed by atoms with Crippen LogP contribution in [0.3, 0.4) is 0 Å². The van der Waals surface area contributed by atoms with Crippen LogP contribution in [0.5, 0.6) is 0 Å². The Morgan fingerprint density at radius 1 is 1.15 bits per heavy atom. The first kappa shape index (κ1) is 22.3. The molecule has 2 heterocycles. The first-order valence-corrected chi connectivity index (χ1v) is 10.3. The van der Waals surface area contributed by atoms with Gasteiger partial charge >= 0.3 is 12.2 Å². The van der Waals surface area contributed by atoms with Gasteiger partial charge in [0.15, 0.2) is 0 Å². The van der Waals surface area contributed by atoms with Crippen LogP contribution in [0.1, 0.15) is 30.0 Å². The zero-order valence-electron chi connectivity index (χ0n) is 17.4. The summed E-state index contributed by atoms with van der Waals surface area (Å²) in [6.45, 7) is 0.583. The van der Waals surface area contributed by atoms with Crippen molar-refractivity contribution >= 4 is 17.6 Å². The van der Waals surface area contributed by atoms with E-state index < -0.39 is 23.8 Å². The van der Waals surface area contributed by atoms with Gasteiger partial charge in [0.05, 0.1) is 29.7 Å². The van der Waals surface area contributed by atoms with Crippen LogP contribution < -0.4 is 10.6 Å². The van der Waals surface area contributed by atoms with Gasteiger partial charge in [-0.25, -0.2) is 9.48 Å². The van der Waals surface area contributed by atoms with Crippen molar-refractivity contribution < 1.29 is 22.8 Å². The predicted octanol–water partition coefficient (Wildman–Crippen LogP) is 3.77. The van der Waals surface area contributed by atoms with Gasteiger partial charge < -0.3 is 15.5 Å². The molecule has 172 valence electrons. The summed E-state index contributed by atoms with van der Waals surface area (Å²) in [5, 5.41) is 13.0. The SMILES string of the molecule is O=C(Nc1ccc(-n2ccnn2)cc1)NC(CN1CCCC1=O)c1cccc(C(F)(F)F)c1. The Morgan fingerprint density at radius 3 is 2.58 bits per heavy atom. The molecule has 1 atom stereocenters. The highest BCUT2D eigenvalue weighted by atomic mass is 19.4. The number of benzene rings is 2. The fraction of sp³-hybridized carbons (Fsp3) is 0.273. The molecule has 0 bridgehead atoms. The van der Waals surface area contributed by atoms with E-state index in [9.17, 15) is 22.8 Å². The van der Waals surface area contributed by atoms with E-state index in [0.29, 0.717) is 25.1 Å². The van der Waals surface area contributed by atoms with Crippen molar-refractivity contribution in [2.45, 2.75) is 25.1 Å². The molecule has 2 N–H and O–H groups in total. The van der Waals surface area contributed by atoms with Gasteiger partial charge in [0.2, 0.25) is 5.91 Å². The number of hydrogen-bond acceptors (Lipinski definition) is 4. The molecule has 1 aliphatic rings. The molecule has 11 heteroatoms. The lowest BCUT2D eigenvalue weighted by Gasteiger charge is -2.26. The highest BCUT2D eigenvalue weighted by Crippen LogP contribution is 2.31. The Hall–Kier alpha value is -3.89. The van der Waals surface area contributed by atoms with Crippen LogP contribution in [-0.4, -0.2) is 44.9 Å². The van der Waals surface area contributed by atoms with Crippen molar-refractivity contribution in [3.63, 3.8) is 0 Å². The van der Waals surface area contributed by atoms with E-state index in [2.05, 4.69) is 20.9 Å². The topological polar surface area (TPSA) is 92.2 Å². The lowest BCUT2D eigenvalue weighted by Crippen LogP contribution is -2.40. The Balaban J connectivity index is 1.49. The lowest BCUT2D eigenvalue weighted by atomic mass is 10.0. The van der Waals surface area contributed by atoms with Gasteiger partial charge in [-0.3, -0.25) is 4.79 Å². The van der Waals surface area contributed by atoms with Crippen molar-refractivity contribution in [2.24, 2.45) is 0 Å². The molecule has 1 aliphatic heterocycles. The Bertz CT molecular complexity index is 1120. The number of hydrogen-bond donors (Lipinski definition) is 2. The highest BCUT2D eigenvalue weighted by molar-refractivity contribution is 5.89. The van der Waals surface area contributed by atoms with Gasteiger partial charge in [-0.15, -0.1) is 5.10 Å². The molecule has 4 rings (SSSR count). The van der Waals surface area contributed by atoms with Crippen LogP contribution >= 0.6 is 0 Å². The smallest absolute Gasteiger partial charge is 0.340 e. The first-order valence-electron chi connectivity index (χ1n) is 10.3. The van der Waals surface area contributed by atoms with Crippen LogP contribution in [0.4, 0.5) is 23.7 Å². The van der Waals surface area contributed by atoms with E-state index in [1.54, 1.807) is 46.2 Å². The quantitative estimate of drug-likeness (QED) is 0.588. The second kappa shape index (κ2) is 9.31. The summed E-state index contributed by atoms with van der Waals surface area (Å²) in [6, 6.07) is 10.2. The second-order valence-corrected chi connectivity index (χ2v) is 7.61. The molecule has 0 spiro atoms. The van der Waals surface area contributed by atoms with E-state index in [-0.39, 0.29) is 18.0 Å². The largest absolute Gasteiger partial charge is 0.416 e. The third-order valence-corrected chi connectivity index (χ3v) is 5.31. The summed E-state index contributed by atoms with van der Waals surface area (Å²) in [4.78, 5) is 26.3. The van der Waals surface area contributed by atoms with Gasteiger partial charge in [0.1, 0.15) is 0 Å². The Morgan fingerprint density at radius 2 is 1.94 bits per heavy atom. The maximum atomic E-state index is 13.2.